The van der Waals surface area contributed by atoms with Crippen molar-refractivity contribution < 1.29 is 14.6 Å². The van der Waals surface area contributed by atoms with E-state index in [0.717, 1.165) is 16.7 Å². The summed E-state index contributed by atoms with van der Waals surface area (Å²) in [7, 11) is 1.55. The van der Waals surface area contributed by atoms with Gasteiger partial charge in [0.25, 0.3) is 0 Å². The van der Waals surface area contributed by atoms with Gasteiger partial charge in [-0.25, -0.2) is 9.78 Å². The Morgan fingerprint density at radius 2 is 2.06 bits per heavy atom. The number of aromatic nitrogens is 1. The summed E-state index contributed by atoms with van der Waals surface area (Å²) in [5, 5.41) is 8.99. The van der Waals surface area contributed by atoms with Crippen LogP contribution in [0.2, 0.25) is 0 Å². The molecule has 0 amide bonds. The second kappa shape index (κ2) is 4.87. The molecular formula is C14H13NO3. The van der Waals surface area contributed by atoms with Gasteiger partial charge in [-0.05, 0) is 36.2 Å². The number of carboxylic acids is 1. The minimum atomic E-state index is -0.933. The standard InChI is InChI=1S/C14H13NO3/c1-9-3-4-10(14(16)17)7-12(9)11-5-6-13(18-2)15-8-11/h3-8H,1-2H3,(H,16,17). The second-order valence-electron chi connectivity index (χ2n) is 3.92. The SMILES string of the molecule is COc1ccc(-c2cc(C(=O)O)ccc2C)cn1. The first-order valence-electron chi connectivity index (χ1n) is 5.46. The van der Waals surface area contributed by atoms with Gasteiger partial charge in [0.05, 0.1) is 12.7 Å². The number of rotatable bonds is 3. The number of methoxy groups -OCH3 is 1. The highest BCUT2D eigenvalue weighted by molar-refractivity contribution is 5.89. The summed E-state index contributed by atoms with van der Waals surface area (Å²) in [6.07, 6.45) is 1.67. The van der Waals surface area contributed by atoms with Gasteiger partial charge >= 0.3 is 5.97 Å². The highest BCUT2D eigenvalue weighted by atomic mass is 16.5. The molecule has 0 fully saturated rings. The summed E-state index contributed by atoms with van der Waals surface area (Å²) in [5.41, 5.74) is 3.01. The first-order valence-corrected chi connectivity index (χ1v) is 5.46. The lowest BCUT2D eigenvalue weighted by Gasteiger charge is -2.07. The van der Waals surface area contributed by atoms with E-state index in [1.54, 1.807) is 37.6 Å². The highest BCUT2D eigenvalue weighted by Gasteiger charge is 2.08. The molecule has 0 saturated heterocycles. The molecule has 4 heteroatoms. The Hall–Kier alpha value is -2.36. The van der Waals surface area contributed by atoms with Gasteiger partial charge in [0, 0.05) is 17.8 Å². The number of benzene rings is 1. The zero-order chi connectivity index (χ0) is 13.1. The van der Waals surface area contributed by atoms with Gasteiger partial charge in [0.2, 0.25) is 5.88 Å². The fourth-order valence-electron chi connectivity index (χ4n) is 1.73. The smallest absolute Gasteiger partial charge is 0.335 e. The van der Waals surface area contributed by atoms with Crippen LogP contribution in [-0.2, 0) is 0 Å². The van der Waals surface area contributed by atoms with Gasteiger partial charge in [-0.15, -0.1) is 0 Å². The quantitative estimate of drug-likeness (QED) is 0.900. The summed E-state index contributed by atoms with van der Waals surface area (Å²) < 4.78 is 4.99. The van der Waals surface area contributed by atoms with Crippen LogP contribution in [0.5, 0.6) is 5.88 Å². The monoisotopic (exact) mass is 243 g/mol. The van der Waals surface area contributed by atoms with E-state index in [0.29, 0.717) is 5.88 Å². The highest BCUT2D eigenvalue weighted by Crippen LogP contribution is 2.25. The second-order valence-corrected chi connectivity index (χ2v) is 3.92. The van der Waals surface area contributed by atoms with Gasteiger partial charge in [0.15, 0.2) is 0 Å². The van der Waals surface area contributed by atoms with Crippen molar-refractivity contribution in [1.82, 2.24) is 4.98 Å². The first kappa shape index (κ1) is 12.1. The van der Waals surface area contributed by atoms with Gasteiger partial charge in [0.1, 0.15) is 0 Å². The fraction of sp³-hybridized carbons (Fsp3) is 0.143. The summed E-state index contributed by atoms with van der Waals surface area (Å²) in [4.78, 5) is 15.1. The van der Waals surface area contributed by atoms with Crippen molar-refractivity contribution in [2.24, 2.45) is 0 Å². The molecule has 2 aromatic rings. The maximum atomic E-state index is 11.0. The molecule has 1 aromatic heterocycles. The molecular weight excluding hydrogens is 230 g/mol. The Morgan fingerprint density at radius 1 is 1.28 bits per heavy atom. The van der Waals surface area contributed by atoms with Crippen LogP contribution in [0, 0.1) is 6.92 Å². The van der Waals surface area contributed by atoms with Crippen LogP contribution in [0.4, 0.5) is 0 Å². The Bertz CT molecular complexity index is 576. The van der Waals surface area contributed by atoms with Crippen LogP contribution >= 0.6 is 0 Å². The van der Waals surface area contributed by atoms with E-state index < -0.39 is 5.97 Å². The number of aryl methyl sites for hydroxylation is 1. The molecule has 2 rings (SSSR count). The maximum Gasteiger partial charge on any atom is 0.335 e. The predicted molar refractivity (Wildman–Crippen MR) is 67.9 cm³/mol. The Labute approximate surface area is 105 Å². The normalized spacial score (nSPS) is 10.1. The van der Waals surface area contributed by atoms with Crippen molar-refractivity contribution in [2.75, 3.05) is 7.11 Å². The van der Waals surface area contributed by atoms with Gasteiger partial charge in [-0.2, -0.15) is 0 Å². The molecule has 1 heterocycles. The molecule has 0 atom stereocenters. The molecule has 0 spiro atoms. The third-order valence-corrected chi connectivity index (χ3v) is 2.74. The number of pyridine rings is 1. The van der Waals surface area contributed by atoms with Crippen LogP contribution in [0.15, 0.2) is 36.5 Å². The van der Waals surface area contributed by atoms with E-state index in [2.05, 4.69) is 4.98 Å². The van der Waals surface area contributed by atoms with Crippen molar-refractivity contribution in [1.29, 1.82) is 0 Å². The summed E-state index contributed by atoms with van der Waals surface area (Å²) in [6, 6.07) is 8.66. The Balaban J connectivity index is 2.48. The minimum Gasteiger partial charge on any atom is -0.481 e. The largest absolute Gasteiger partial charge is 0.481 e. The predicted octanol–water partition coefficient (Wildman–Crippen LogP) is 2.76. The van der Waals surface area contributed by atoms with E-state index in [4.69, 9.17) is 9.84 Å². The van der Waals surface area contributed by atoms with Crippen LogP contribution in [0.25, 0.3) is 11.1 Å². The molecule has 0 radical (unpaired) electrons. The third-order valence-electron chi connectivity index (χ3n) is 2.74. The zero-order valence-electron chi connectivity index (χ0n) is 10.2. The zero-order valence-corrected chi connectivity index (χ0v) is 10.2. The molecule has 0 saturated carbocycles. The molecule has 0 aliphatic carbocycles. The number of carboxylic acid groups (broad SMARTS) is 1. The van der Waals surface area contributed by atoms with E-state index in [9.17, 15) is 4.79 Å². The maximum absolute atomic E-state index is 11.0. The molecule has 1 aromatic carbocycles. The number of nitrogens with zero attached hydrogens (tertiary/aromatic N) is 1. The molecule has 18 heavy (non-hydrogen) atoms. The van der Waals surface area contributed by atoms with E-state index >= 15 is 0 Å². The van der Waals surface area contributed by atoms with Gasteiger partial charge in [-0.3, -0.25) is 0 Å². The summed E-state index contributed by atoms with van der Waals surface area (Å²) >= 11 is 0. The van der Waals surface area contributed by atoms with Crippen LogP contribution in [0.1, 0.15) is 15.9 Å². The topological polar surface area (TPSA) is 59.4 Å². The van der Waals surface area contributed by atoms with E-state index in [1.165, 1.54) is 0 Å². The first-order chi connectivity index (χ1) is 8.61. The van der Waals surface area contributed by atoms with E-state index in [-0.39, 0.29) is 5.56 Å². The number of carbonyl (C=O) groups is 1. The van der Waals surface area contributed by atoms with Crippen molar-refractivity contribution in [3.63, 3.8) is 0 Å². The van der Waals surface area contributed by atoms with Crippen LogP contribution in [-0.4, -0.2) is 23.2 Å². The molecule has 4 nitrogen and oxygen atoms in total. The van der Waals surface area contributed by atoms with Gasteiger partial charge < -0.3 is 9.84 Å². The number of aromatic carboxylic acids is 1. The lowest BCUT2D eigenvalue weighted by atomic mass is 9.99. The lowest BCUT2D eigenvalue weighted by molar-refractivity contribution is 0.0697. The minimum absolute atomic E-state index is 0.270. The molecule has 0 aliphatic heterocycles. The Kier molecular flexibility index (Phi) is 3.28. The Morgan fingerprint density at radius 3 is 2.61 bits per heavy atom. The average molecular weight is 243 g/mol. The summed E-state index contributed by atoms with van der Waals surface area (Å²) in [5.74, 6) is -0.400. The fourth-order valence-corrected chi connectivity index (χ4v) is 1.73. The number of ether oxygens (including phenoxy) is 1. The van der Waals surface area contributed by atoms with Crippen molar-refractivity contribution in [3.8, 4) is 17.0 Å². The van der Waals surface area contributed by atoms with Crippen molar-refractivity contribution in [3.05, 3.63) is 47.7 Å². The van der Waals surface area contributed by atoms with Gasteiger partial charge in [-0.1, -0.05) is 6.07 Å². The molecule has 0 bridgehead atoms. The average Bonchev–Trinajstić information content (AvgIpc) is 2.39. The summed E-state index contributed by atoms with van der Waals surface area (Å²) in [6.45, 7) is 1.94. The molecule has 0 unspecified atom stereocenters. The lowest BCUT2D eigenvalue weighted by Crippen LogP contribution is -1.97. The molecule has 92 valence electrons. The van der Waals surface area contributed by atoms with Crippen LogP contribution < -0.4 is 4.74 Å². The van der Waals surface area contributed by atoms with Crippen LogP contribution in [0.3, 0.4) is 0 Å². The molecule has 1 N–H and O–H groups in total. The number of hydrogen-bond donors (Lipinski definition) is 1. The third kappa shape index (κ3) is 2.32. The van der Waals surface area contributed by atoms with Crippen molar-refractivity contribution in [2.45, 2.75) is 6.92 Å². The van der Waals surface area contributed by atoms with E-state index in [1.807, 2.05) is 13.0 Å². The number of hydrogen-bond acceptors (Lipinski definition) is 3. The van der Waals surface area contributed by atoms with Crippen molar-refractivity contribution >= 4 is 5.97 Å². The molecule has 0 aliphatic rings.